The van der Waals surface area contributed by atoms with Gasteiger partial charge in [0, 0.05) is 6.04 Å². The van der Waals surface area contributed by atoms with Crippen LogP contribution in [0.25, 0.3) is 0 Å². The standard InChI is InChI=1S/C9H15NO/c1-7(2)10-8(3)9-5-4-6-11-9/h4-8,10H,1-3H3. The Morgan fingerprint density at radius 1 is 1.36 bits per heavy atom. The normalized spacial score (nSPS) is 13.8. The van der Waals surface area contributed by atoms with Gasteiger partial charge in [-0.05, 0) is 19.1 Å². The fourth-order valence-corrected chi connectivity index (χ4v) is 1.12. The summed E-state index contributed by atoms with van der Waals surface area (Å²) >= 11 is 0. The number of rotatable bonds is 3. The molecule has 1 atom stereocenters. The summed E-state index contributed by atoms with van der Waals surface area (Å²) in [6, 6.07) is 4.70. The lowest BCUT2D eigenvalue weighted by Gasteiger charge is -2.13. The average Bonchev–Trinajstić information content (AvgIpc) is 2.35. The molecular formula is C9H15NO. The lowest BCUT2D eigenvalue weighted by atomic mass is 10.2. The van der Waals surface area contributed by atoms with Crippen LogP contribution in [-0.2, 0) is 0 Å². The predicted octanol–water partition coefficient (Wildman–Crippen LogP) is 2.34. The van der Waals surface area contributed by atoms with Crippen molar-refractivity contribution in [3.05, 3.63) is 24.2 Å². The summed E-state index contributed by atoms with van der Waals surface area (Å²) < 4.78 is 5.23. The van der Waals surface area contributed by atoms with Gasteiger partial charge in [-0.25, -0.2) is 0 Å². The zero-order valence-electron chi connectivity index (χ0n) is 7.29. The Morgan fingerprint density at radius 2 is 2.09 bits per heavy atom. The minimum Gasteiger partial charge on any atom is -0.468 e. The summed E-state index contributed by atoms with van der Waals surface area (Å²) in [5.41, 5.74) is 0. The van der Waals surface area contributed by atoms with Gasteiger partial charge in [0.1, 0.15) is 5.76 Å². The van der Waals surface area contributed by atoms with Crippen molar-refractivity contribution in [2.45, 2.75) is 32.9 Å². The molecule has 0 aliphatic carbocycles. The third-order valence-electron chi connectivity index (χ3n) is 1.55. The quantitative estimate of drug-likeness (QED) is 0.721. The molecular weight excluding hydrogens is 138 g/mol. The smallest absolute Gasteiger partial charge is 0.120 e. The Bertz CT molecular complexity index is 191. The number of nitrogens with one attached hydrogen (secondary N) is 1. The molecule has 0 amide bonds. The second-order valence-electron chi connectivity index (χ2n) is 3.06. The summed E-state index contributed by atoms with van der Waals surface area (Å²) in [6.45, 7) is 6.34. The van der Waals surface area contributed by atoms with Crippen LogP contribution in [0.5, 0.6) is 0 Å². The van der Waals surface area contributed by atoms with E-state index in [-0.39, 0.29) is 0 Å². The molecule has 2 nitrogen and oxygen atoms in total. The van der Waals surface area contributed by atoms with Crippen molar-refractivity contribution >= 4 is 0 Å². The molecule has 0 fully saturated rings. The van der Waals surface area contributed by atoms with Crippen LogP contribution >= 0.6 is 0 Å². The van der Waals surface area contributed by atoms with E-state index in [0.29, 0.717) is 12.1 Å². The molecule has 1 rings (SSSR count). The van der Waals surface area contributed by atoms with Gasteiger partial charge in [0.15, 0.2) is 0 Å². The van der Waals surface area contributed by atoms with Gasteiger partial charge in [-0.2, -0.15) is 0 Å². The van der Waals surface area contributed by atoms with Crippen molar-refractivity contribution in [3.63, 3.8) is 0 Å². The average molecular weight is 153 g/mol. The molecule has 0 aromatic carbocycles. The van der Waals surface area contributed by atoms with Crippen LogP contribution in [0, 0.1) is 0 Å². The summed E-state index contributed by atoms with van der Waals surface area (Å²) in [5, 5.41) is 3.35. The van der Waals surface area contributed by atoms with E-state index in [0.717, 1.165) is 5.76 Å². The molecule has 0 saturated carbocycles. The van der Waals surface area contributed by atoms with E-state index in [1.54, 1.807) is 6.26 Å². The fraction of sp³-hybridized carbons (Fsp3) is 0.556. The van der Waals surface area contributed by atoms with Crippen LogP contribution in [0.1, 0.15) is 32.6 Å². The SMILES string of the molecule is CC(C)NC(C)c1ccco1. The molecule has 0 saturated heterocycles. The Labute approximate surface area is 67.6 Å². The Kier molecular flexibility index (Phi) is 2.71. The maximum absolute atomic E-state index is 5.23. The molecule has 1 aromatic heterocycles. The minimum atomic E-state index is 0.310. The van der Waals surface area contributed by atoms with Crippen LogP contribution < -0.4 is 5.32 Å². The van der Waals surface area contributed by atoms with Gasteiger partial charge < -0.3 is 9.73 Å². The van der Waals surface area contributed by atoms with Crippen molar-refractivity contribution in [1.29, 1.82) is 0 Å². The zero-order chi connectivity index (χ0) is 8.27. The number of hydrogen-bond acceptors (Lipinski definition) is 2. The first kappa shape index (κ1) is 8.34. The molecule has 1 N–H and O–H groups in total. The second-order valence-corrected chi connectivity index (χ2v) is 3.06. The number of hydrogen-bond donors (Lipinski definition) is 1. The van der Waals surface area contributed by atoms with Gasteiger partial charge in [0.2, 0.25) is 0 Å². The molecule has 62 valence electrons. The third-order valence-corrected chi connectivity index (χ3v) is 1.55. The summed E-state index contributed by atoms with van der Waals surface area (Å²) in [5.74, 6) is 0.999. The molecule has 0 bridgehead atoms. The Morgan fingerprint density at radius 3 is 2.55 bits per heavy atom. The van der Waals surface area contributed by atoms with Crippen molar-refractivity contribution in [3.8, 4) is 0 Å². The largest absolute Gasteiger partial charge is 0.468 e. The third kappa shape index (κ3) is 2.39. The highest BCUT2D eigenvalue weighted by Gasteiger charge is 2.07. The summed E-state index contributed by atoms with van der Waals surface area (Å²) in [4.78, 5) is 0. The molecule has 1 aromatic rings. The fourth-order valence-electron chi connectivity index (χ4n) is 1.12. The summed E-state index contributed by atoms with van der Waals surface area (Å²) in [7, 11) is 0. The van der Waals surface area contributed by atoms with Gasteiger partial charge in [-0.15, -0.1) is 0 Å². The van der Waals surface area contributed by atoms with Crippen molar-refractivity contribution < 1.29 is 4.42 Å². The van der Waals surface area contributed by atoms with Crippen LogP contribution in [0.4, 0.5) is 0 Å². The molecule has 0 radical (unpaired) electrons. The first-order valence-corrected chi connectivity index (χ1v) is 3.99. The van der Waals surface area contributed by atoms with Gasteiger partial charge in [-0.1, -0.05) is 13.8 Å². The Balaban J connectivity index is 2.49. The van der Waals surface area contributed by atoms with E-state index in [9.17, 15) is 0 Å². The van der Waals surface area contributed by atoms with Crippen molar-refractivity contribution in [2.75, 3.05) is 0 Å². The van der Waals surface area contributed by atoms with Gasteiger partial charge in [-0.3, -0.25) is 0 Å². The first-order valence-electron chi connectivity index (χ1n) is 3.99. The van der Waals surface area contributed by atoms with E-state index >= 15 is 0 Å². The molecule has 0 spiro atoms. The molecule has 2 heteroatoms. The maximum atomic E-state index is 5.23. The number of furan rings is 1. The maximum Gasteiger partial charge on any atom is 0.120 e. The van der Waals surface area contributed by atoms with Crippen LogP contribution in [0.2, 0.25) is 0 Å². The van der Waals surface area contributed by atoms with E-state index in [4.69, 9.17) is 4.42 Å². The van der Waals surface area contributed by atoms with Gasteiger partial charge >= 0.3 is 0 Å². The highest BCUT2D eigenvalue weighted by molar-refractivity contribution is 5.02. The second kappa shape index (κ2) is 3.58. The minimum absolute atomic E-state index is 0.310. The van der Waals surface area contributed by atoms with Crippen molar-refractivity contribution in [2.24, 2.45) is 0 Å². The zero-order valence-corrected chi connectivity index (χ0v) is 7.29. The van der Waals surface area contributed by atoms with Crippen LogP contribution in [0.3, 0.4) is 0 Å². The van der Waals surface area contributed by atoms with E-state index in [1.807, 2.05) is 12.1 Å². The van der Waals surface area contributed by atoms with Crippen LogP contribution in [0.15, 0.2) is 22.8 Å². The lowest BCUT2D eigenvalue weighted by molar-refractivity contribution is 0.408. The van der Waals surface area contributed by atoms with E-state index in [1.165, 1.54) is 0 Å². The van der Waals surface area contributed by atoms with Gasteiger partial charge in [0.25, 0.3) is 0 Å². The Hall–Kier alpha value is -0.760. The highest BCUT2D eigenvalue weighted by atomic mass is 16.3. The molecule has 0 aliphatic rings. The topological polar surface area (TPSA) is 25.2 Å². The molecule has 11 heavy (non-hydrogen) atoms. The van der Waals surface area contributed by atoms with Crippen molar-refractivity contribution in [1.82, 2.24) is 5.32 Å². The molecule has 1 unspecified atom stereocenters. The van der Waals surface area contributed by atoms with E-state index in [2.05, 4.69) is 26.1 Å². The predicted molar refractivity (Wildman–Crippen MR) is 45.4 cm³/mol. The molecule has 1 heterocycles. The molecule has 0 aliphatic heterocycles. The monoisotopic (exact) mass is 153 g/mol. The summed E-state index contributed by atoms with van der Waals surface area (Å²) in [6.07, 6.45) is 1.70. The lowest BCUT2D eigenvalue weighted by Crippen LogP contribution is -2.25. The van der Waals surface area contributed by atoms with Gasteiger partial charge in [0.05, 0.1) is 12.3 Å². The van der Waals surface area contributed by atoms with E-state index < -0.39 is 0 Å². The highest BCUT2D eigenvalue weighted by Crippen LogP contribution is 2.12. The van der Waals surface area contributed by atoms with Crippen LogP contribution in [-0.4, -0.2) is 6.04 Å². The first-order chi connectivity index (χ1) is 5.20.